The van der Waals surface area contributed by atoms with Crippen LogP contribution in [-0.4, -0.2) is 29.4 Å². The van der Waals surface area contributed by atoms with Crippen LogP contribution in [0, 0.1) is 0 Å². The fraction of sp³-hybridized carbons (Fsp3) is 0.714. The average Bonchev–Trinajstić information content (AvgIpc) is 2.32. The normalized spacial score (nSPS) is 21.8. The summed E-state index contributed by atoms with van der Waals surface area (Å²) in [6.07, 6.45) is 1.29. The Hall–Kier alpha value is -0.0600. The fourth-order valence-corrected chi connectivity index (χ4v) is 1.39. The number of hydrogen-bond donors (Lipinski definition) is 0. The van der Waals surface area contributed by atoms with Gasteiger partial charge in [0.15, 0.2) is 0 Å². The summed E-state index contributed by atoms with van der Waals surface area (Å²) in [4.78, 5) is 22.5. The number of likely N-dealkylation sites (tertiary alicyclic amines) is 1. The number of aliphatic carboxylic acids is 1. The van der Waals surface area contributed by atoms with Gasteiger partial charge in [0.1, 0.15) is 0 Å². The molecule has 0 aliphatic carbocycles. The molecule has 5 heteroatoms. The van der Waals surface area contributed by atoms with E-state index in [-0.39, 0.29) is 35.5 Å². The standard InChI is InChI=1S/C7H11NO3.Na/c1-5(9)8-4-2-3-6(8)7(10)11;/h6H,2-4H2,1H3,(H,10,11);/q;+1/p-1/t6-;/m0./s1. The number of carbonyl (C=O) groups excluding carboxylic acids is 2. The first-order chi connectivity index (χ1) is 5.13. The number of carboxylic acids is 1. The van der Waals surface area contributed by atoms with Gasteiger partial charge in [-0.05, 0) is 12.8 Å². The molecule has 1 saturated heterocycles. The number of nitrogens with zero attached hydrogens (tertiary/aromatic N) is 1. The second-order valence-electron chi connectivity index (χ2n) is 2.69. The van der Waals surface area contributed by atoms with E-state index in [9.17, 15) is 14.7 Å². The summed E-state index contributed by atoms with van der Waals surface area (Å²) in [5.74, 6) is -1.32. The zero-order valence-electron chi connectivity index (χ0n) is 7.37. The van der Waals surface area contributed by atoms with Gasteiger partial charge >= 0.3 is 29.6 Å². The molecule has 1 aliphatic heterocycles. The van der Waals surface area contributed by atoms with E-state index in [2.05, 4.69) is 0 Å². The number of rotatable bonds is 1. The number of amides is 1. The Labute approximate surface area is 93.2 Å². The topological polar surface area (TPSA) is 60.4 Å². The largest absolute Gasteiger partial charge is 1.00 e. The molecule has 1 heterocycles. The van der Waals surface area contributed by atoms with Crippen molar-refractivity contribution in [2.24, 2.45) is 0 Å². The van der Waals surface area contributed by atoms with Crippen LogP contribution in [0.3, 0.4) is 0 Å². The molecule has 1 atom stereocenters. The molecule has 0 saturated carbocycles. The molecule has 1 rings (SSSR count). The Balaban J connectivity index is 0.00000121. The molecule has 0 unspecified atom stereocenters. The number of carbonyl (C=O) groups is 2. The summed E-state index contributed by atoms with van der Waals surface area (Å²) < 4.78 is 0. The Morgan fingerprint density at radius 2 is 2.08 bits per heavy atom. The van der Waals surface area contributed by atoms with E-state index in [1.54, 1.807) is 0 Å². The molecule has 1 amide bonds. The SMILES string of the molecule is CC(=O)N1CCC[C@H]1C(=O)[O-].[Na+]. The molecular formula is C7H10NNaO3. The van der Waals surface area contributed by atoms with E-state index < -0.39 is 12.0 Å². The van der Waals surface area contributed by atoms with E-state index >= 15 is 0 Å². The van der Waals surface area contributed by atoms with Gasteiger partial charge in [-0.2, -0.15) is 0 Å². The van der Waals surface area contributed by atoms with E-state index in [0.29, 0.717) is 13.0 Å². The smallest absolute Gasteiger partial charge is 0.548 e. The van der Waals surface area contributed by atoms with Crippen LogP contribution in [0.2, 0.25) is 0 Å². The Morgan fingerprint density at radius 3 is 2.42 bits per heavy atom. The first-order valence-corrected chi connectivity index (χ1v) is 3.61. The van der Waals surface area contributed by atoms with E-state index in [4.69, 9.17) is 0 Å². The minimum Gasteiger partial charge on any atom is -0.548 e. The van der Waals surface area contributed by atoms with Crippen molar-refractivity contribution in [1.29, 1.82) is 0 Å². The van der Waals surface area contributed by atoms with Gasteiger partial charge in [-0.3, -0.25) is 4.79 Å². The molecule has 0 bridgehead atoms. The van der Waals surface area contributed by atoms with E-state index in [1.165, 1.54) is 11.8 Å². The van der Waals surface area contributed by atoms with Gasteiger partial charge in [0.2, 0.25) is 5.91 Å². The predicted octanol–water partition coefficient (Wildman–Crippen LogP) is -4.25. The maximum atomic E-state index is 10.8. The van der Waals surface area contributed by atoms with E-state index in [0.717, 1.165) is 6.42 Å². The van der Waals surface area contributed by atoms with Crippen LogP contribution < -0.4 is 34.7 Å². The van der Waals surface area contributed by atoms with Gasteiger partial charge in [-0.15, -0.1) is 0 Å². The quantitative estimate of drug-likeness (QED) is 0.383. The van der Waals surface area contributed by atoms with Gasteiger partial charge in [0.05, 0.1) is 12.0 Å². The monoisotopic (exact) mass is 179 g/mol. The van der Waals surface area contributed by atoms with Gasteiger partial charge in [-0.25, -0.2) is 0 Å². The van der Waals surface area contributed by atoms with Crippen molar-refractivity contribution in [1.82, 2.24) is 4.90 Å². The first-order valence-electron chi connectivity index (χ1n) is 3.61. The molecule has 1 aliphatic rings. The van der Waals surface area contributed by atoms with Crippen molar-refractivity contribution in [3.63, 3.8) is 0 Å². The molecule has 0 N–H and O–H groups in total. The number of carboxylic acid groups (broad SMARTS) is 1. The molecular weight excluding hydrogens is 169 g/mol. The minimum absolute atomic E-state index is 0. The van der Waals surface area contributed by atoms with Crippen molar-refractivity contribution in [3.8, 4) is 0 Å². The first kappa shape index (κ1) is 11.9. The summed E-state index contributed by atoms with van der Waals surface area (Å²) in [6.45, 7) is 1.93. The maximum Gasteiger partial charge on any atom is 1.00 e. The third-order valence-corrected chi connectivity index (χ3v) is 1.93. The molecule has 12 heavy (non-hydrogen) atoms. The molecule has 0 aromatic carbocycles. The summed E-state index contributed by atoms with van der Waals surface area (Å²) in [7, 11) is 0. The summed E-state index contributed by atoms with van der Waals surface area (Å²) in [5, 5.41) is 10.4. The van der Waals surface area contributed by atoms with Gasteiger partial charge < -0.3 is 14.8 Å². The molecule has 0 spiro atoms. The van der Waals surface area contributed by atoms with Crippen LogP contribution in [0.1, 0.15) is 19.8 Å². The van der Waals surface area contributed by atoms with Crippen LogP contribution in [0.25, 0.3) is 0 Å². The molecule has 62 valence electrons. The zero-order valence-corrected chi connectivity index (χ0v) is 9.37. The minimum atomic E-state index is -1.14. The van der Waals surface area contributed by atoms with E-state index in [1.807, 2.05) is 0 Å². The Morgan fingerprint density at radius 1 is 1.50 bits per heavy atom. The fourth-order valence-electron chi connectivity index (χ4n) is 1.39. The third kappa shape index (κ3) is 2.47. The van der Waals surface area contributed by atoms with Crippen LogP contribution in [0.4, 0.5) is 0 Å². The molecule has 1 fully saturated rings. The number of hydrogen-bond acceptors (Lipinski definition) is 3. The molecule has 4 nitrogen and oxygen atoms in total. The molecule has 0 radical (unpaired) electrons. The second-order valence-corrected chi connectivity index (χ2v) is 2.69. The molecule has 0 aromatic rings. The Kier molecular flexibility index (Phi) is 4.82. The van der Waals surface area contributed by atoms with Crippen molar-refractivity contribution < 1.29 is 44.3 Å². The molecule has 0 aromatic heterocycles. The van der Waals surface area contributed by atoms with Crippen LogP contribution in [0.5, 0.6) is 0 Å². The van der Waals surface area contributed by atoms with Crippen molar-refractivity contribution >= 4 is 11.9 Å². The summed E-state index contributed by atoms with van der Waals surface area (Å²) in [5.41, 5.74) is 0. The Bertz CT molecular complexity index is 175. The summed E-state index contributed by atoms with van der Waals surface area (Å²) >= 11 is 0. The van der Waals surface area contributed by atoms with Crippen molar-refractivity contribution in [3.05, 3.63) is 0 Å². The van der Waals surface area contributed by atoms with Crippen LogP contribution >= 0.6 is 0 Å². The van der Waals surface area contributed by atoms with Crippen LogP contribution in [0.15, 0.2) is 0 Å². The third-order valence-electron chi connectivity index (χ3n) is 1.93. The van der Waals surface area contributed by atoms with Gasteiger partial charge in [-0.1, -0.05) is 0 Å². The predicted molar refractivity (Wildman–Crippen MR) is 35.4 cm³/mol. The maximum absolute atomic E-state index is 10.8. The van der Waals surface area contributed by atoms with Crippen LogP contribution in [-0.2, 0) is 9.59 Å². The van der Waals surface area contributed by atoms with Gasteiger partial charge in [0, 0.05) is 13.5 Å². The average molecular weight is 179 g/mol. The van der Waals surface area contributed by atoms with Crippen molar-refractivity contribution in [2.45, 2.75) is 25.8 Å². The zero-order chi connectivity index (χ0) is 8.43. The van der Waals surface area contributed by atoms with Crippen molar-refractivity contribution in [2.75, 3.05) is 6.54 Å². The van der Waals surface area contributed by atoms with Gasteiger partial charge in [0.25, 0.3) is 0 Å². The summed E-state index contributed by atoms with van der Waals surface area (Å²) in [6, 6.07) is -0.688. The second kappa shape index (κ2) is 4.84.